The van der Waals surface area contributed by atoms with Gasteiger partial charge in [0, 0.05) is 44.3 Å². The number of amides is 1. The standard InChI is InChI=1S/C32H38N4O7S/c1-40-28-11-10-25(22-29(28)41-2)12-14-35(23-27-8-5-19-43-27)31(37)24-36(16-15-34-17-20-42-21-18-34)44(38,39)30-9-3-6-26-7-4-13-33-32(26)30/h3-11,13,19,22H,12,14-18,20-21,23-24H2,1-2H3. The minimum atomic E-state index is -4.09. The SMILES string of the molecule is COc1ccc(CCN(Cc2ccco2)C(=O)CN(CCN2CCOCC2)S(=O)(=O)c2cccc3cccnc23)cc1OC. The number of hydrogen-bond donors (Lipinski definition) is 0. The van der Waals surface area contributed by atoms with E-state index < -0.39 is 10.0 Å². The molecule has 0 atom stereocenters. The van der Waals surface area contributed by atoms with E-state index in [0.717, 1.165) is 5.56 Å². The summed E-state index contributed by atoms with van der Waals surface area (Å²) >= 11 is 0. The van der Waals surface area contributed by atoms with Gasteiger partial charge in [-0.25, -0.2) is 8.42 Å². The Labute approximate surface area is 258 Å². The average Bonchev–Trinajstić information content (AvgIpc) is 3.58. The van der Waals surface area contributed by atoms with Crippen LogP contribution in [-0.2, 0) is 32.5 Å². The van der Waals surface area contributed by atoms with Crippen LogP contribution >= 0.6 is 0 Å². The number of para-hydroxylation sites is 1. The molecule has 3 heterocycles. The summed E-state index contributed by atoms with van der Waals surface area (Å²) in [5.41, 5.74) is 1.32. The fourth-order valence-corrected chi connectivity index (χ4v) is 6.77. The highest BCUT2D eigenvalue weighted by atomic mass is 32.2. The Balaban J connectivity index is 1.41. The number of benzene rings is 2. The Morgan fingerprint density at radius 1 is 0.977 bits per heavy atom. The number of ether oxygens (including phenoxy) is 3. The van der Waals surface area contributed by atoms with Gasteiger partial charge in [0.25, 0.3) is 0 Å². The normalized spacial score (nSPS) is 14.2. The second-order valence-electron chi connectivity index (χ2n) is 10.5. The van der Waals surface area contributed by atoms with Gasteiger partial charge < -0.3 is 23.5 Å². The van der Waals surface area contributed by atoms with Gasteiger partial charge in [-0.3, -0.25) is 14.7 Å². The van der Waals surface area contributed by atoms with Gasteiger partial charge in [0.2, 0.25) is 15.9 Å². The first-order valence-corrected chi connectivity index (χ1v) is 16.0. The minimum absolute atomic E-state index is 0.0771. The highest BCUT2D eigenvalue weighted by Gasteiger charge is 2.31. The highest BCUT2D eigenvalue weighted by molar-refractivity contribution is 7.89. The summed E-state index contributed by atoms with van der Waals surface area (Å²) in [6.07, 6.45) is 3.64. The number of nitrogens with zero attached hydrogens (tertiary/aromatic N) is 4. The van der Waals surface area contributed by atoms with Crippen LogP contribution in [0.5, 0.6) is 11.5 Å². The predicted molar refractivity (Wildman–Crippen MR) is 165 cm³/mol. The Bertz CT molecular complexity index is 1630. The smallest absolute Gasteiger partial charge is 0.245 e. The number of fused-ring (bicyclic) bond motifs is 1. The van der Waals surface area contributed by atoms with Gasteiger partial charge in [0.1, 0.15) is 10.7 Å². The highest BCUT2D eigenvalue weighted by Crippen LogP contribution is 2.28. The zero-order chi connectivity index (χ0) is 30.9. The lowest BCUT2D eigenvalue weighted by Crippen LogP contribution is -2.47. The van der Waals surface area contributed by atoms with Crippen LogP contribution in [0.1, 0.15) is 11.3 Å². The summed E-state index contributed by atoms with van der Waals surface area (Å²) in [4.78, 5) is 22.2. The molecule has 44 heavy (non-hydrogen) atoms. The van der Waals surface area contributed by atoms with Crippen molar-refractivity contribution in [2.75, 3.05) is 66.7 Å². The first-order valence-electron chi connectivity index (χ1n) is 14.5. The molecular formula is C32H38N4O7S. The minimum Gasteiger partial charge on any atom is -0.493 e. The molecule has 0 saturated carbocycles. The van der Waals surface area contributed by atoms with Crippen molar-refractivity contribution < 1.29 is 31.8 Å². The third kappa shape index (κ3) is 7.56. The molecule has 0 N–H and O–H groups in total. The van der Waals surface area contributed by atoms with Crippen molar-refractivity contribution in [3.05, 3.63) is 84.4 Å². The molecule has 1 aliphatic heterocycles. The predicted octanol–water partition coefficient (Wildman–Crippen LogP) is 3.44. The van der Waals surface area contributed by atoms with Gasteiger partial charge in [0.05, 0.1) is 52.3 Å². The van der Waals surface area contributed by atoms with Crippen molar-refractivity contribution in [3.63, 3.8) is 0 Å². The lowest BCUT2D eigenvalue weighted by atomic mass is 10.1. The summed E-state index contributed by atoms with van der Waals surface area (Å²) in [6.45, 7) is 3.40. The fraction of sp³-hybridized carbons (Fsp3) is 0.375. The lowest BCUT2D eigenvalue weighted by molar-refractivity contribution is -0.132. The Morgan fingerprint density at radius 3 is 2.52 bits per heavy atom. The third-order valence-electron chi connectivity index (χ3n) is 7.69. The molecule has 234 valence electrons. The van der Waals surface area contributed by atoms with Crippen molar-refractivity contribution in [1.29, 1.82) is 0 Å². The molecule has 0 unspecified atom stereocenters. The number of methoxy groups -OCH3 is 2. The molecule has 2 aromatic carbocycles. The van der Waals surface area contributed by atoms with Gasteiger partial charge in [-0.2, -0.15) is 4.31 Å². The Morgan fingerprint density at radius 2 is 1.77 bits per heavy atom. The molecule has 1 amide bonds. The van der Waals surface area contributed by atoms with Gasteiger partial charge in [-0.15, -0.1) is 0 Å². The zero-order valence-corrected chi connectivity index (χ0v) is 25.9. The monoisotopic (exact) mass is 622 g/mol. The van der Waals surface area contributed by atoms with Crippen LogP contribution in [0.25, 0.3) is 10.9 Å². The quantitative estimate of drug-likeness (QED) is 0.209. The van der Waals surface area contributed by atoms with Crippen LogP contribution in [0.4, 0.5) is 0 Å². The topological polar surface area (TPSA) is 115 Å². The molecule has 1 aliphatic rings. The number of carbonyl (C=O) groups is 1. The van der Waals surface area contributed by atoms with E-state index in [4.69, 9.17) is 18.6 Å². The molecule has 0 aliphatic carbocycles. The van der Waals surface area contributed by atoms with E-state index in [2.05, 4.69) is 9.88 Å². The van der Waals surface area contributed by atoms with E-state index in [-0.39, 0.29) is 30.4 Å². The molecule has 2 aromatic heterocycles. The summed E-state index contributed by atoms with van der Waals surface area (Å²) in [6, 6.07) is 17.8. The van der Waals surface area contributed by atoms with Crippen LogP contribution in [0.15, 0.2) is 82.4 Å². The zero-order valence-electron chi connectivity index (χ0n) is 25.1. The first-order chi connectivity index (χ1) is 21.4. The van der Waals surface area contributed by atoms with E-state index in [1.54, 1.807) is 61.9 Å². The van der Waals surface area contributed by atoms with Crippen molar-refractivity contribution in [2.24, 2.45) is 0 Å². The number of pyridine rings is 1. The summed E-state index contributed by atoms with van der Waals surface area (Å²) in [7, 11) is -0.938. The van der Waals surface area contributed by atoms with Crippen molar-refractivity contribution in [3.8, 4) is 11.5 Å². The molecule has 0 bridgehead atoms. The molecule has 4 aromatic rings. The average molecular weight is 623 g/mol. The third-order valence-corrected chi connectivity index (χ3v) is 9.57. The maximum absolute atomic E-state index is 14.2. The van der Waals surface area contributed by atoms with Gasteiger partial charge in [-0.1, -0.05) is 24.3 Å². The van der Waals surface area contributed by atoms with Crippen LogP contribution < -0.4 is 9.47 Å². The maximum atomic E-state index is 14.2. The van der Waals surface area contributed by atoms with Crippen molar-refractivity contribution in [2.45, 2.75) is 17.9 Å². The number of sulfonamides is 1. The number of furan rings is 1. The van der Waals surface area contributed by atoms with E-state index in [0.29, 0.717) is 74.0 Å². The van der Waals surface area contributed by atoms with Crippen molar-refractivity contribution in [1.82, 2.24) is 19.1 Å². The van der Waals surface area contributed by atoms with E-state index in [9.17, 15) is 13.2 Å². The molecule has 1 saturated heterocycles. The largest absolute Gasteiger partial charge is 0.493 e. The Hall–Kier alpha value is -3.97. The summed E-state index contributed by atoms with van der Waals surface area (Å²) in [5.74, 6) is 1.48. The second kappa shape index (κ2) is 14.7. The van der Waals surface area contributed by atoms with Gasteiger partial charge >= 0.3 is 0 Å². The molecule has 11 nitrogen and oxygen atoms in total. The number of rotatable bonds is 14. The summed E-state index contributed by atoms with van der Waals surface area (Å²) in [5, 5.41) is 0.711. The summed E-state index contributed by atoms with van der Waals surface area (Å²) < 4.78 is 51.6. The lowest BCUT2D eigenvalue weighted by Gasteiger charge is -2.31. The fourth-order valence-electron chi connectivity index (χ4n) is 5.22. The van der Waals surface area contributed by atoms with Crippen LogP contribution in [0.3, 0.4) is 0 Å². The second-order valence-corrected chi connectivity index (χ2v) is 12.4. The molecule has 12 heteroatoms. The van der Waals surface area contributed by atoms with E-state index in [1.807, 2.05) is 30.3 Å². The van der Waals surface area contributed by atoms with Gasteiger partial charge in [0.15, 0.2) is 11.5 Å². The van der Waals surface area contributed by atoms with E-state index in [1.165, 1.54) is 4.31 Å². The number of aromatic nitrogens is 1. The van der Waals surface area contributed by atoms with Gasteiger partial charge in [-0.05, 0) is 48.4 Å². The van der Waals surface area contributed by atoms with E-state index >= 15 is 0 Å². The molecule has 0 radical (unpaired) electrons. The molecule has 0 spiro atoms. The Kier molecular flexibility index (Phi) is 10.5. The molecular weight excluding hydrogens is 584 g/mol. The number of morpholine rings is 1. The number of carbonyl (C=O) groups excluding carboxylic acids is 1. The van der Waals surface area contributed by atoms with Crippen molar-refractivity contribution >= 4 is 26.8 Å². The van der Waals surface area contributed by atoms with Crippen LogP contribution in [0, 0.1) is 0 Å². The molecule has 1 fully saturated rings. The first kappa shape index (κ1) is 31.5. The van der Waals surface area contributed by atoms with Crippen LogP contribution in [-0.4, -0.2) is 100 Å². The number of hydrogen-bond acceptors (Lipinski definition) is 9. The van der Waals surface area contributed by atoms with Crippen LogP contribution in [0.2, 0.25) is 0 Å². The maximum Gasteiger partial charge on any atom is 0.245 e. The molecule has 5 rings (SSSR count).